The molecular weight excluding hydrogens is 362 g/mol. The third-order valence-electron chi connectivity index (χ3n) is 5.32. The Morgan fingerprint density at radius 1 is 1.00 bits per heavy atom. The molecule has 1 aliphatic heterocycles. The molecule has 1 N–H and O–H groups in total. The highest BCUT2D eigenvalue weighted by molar-refractivity contribution is 6.02. The Hall–Kier alpha value is -2.82. The Morgan fingerprint density at radius 2 is 1.62 bits per heavy atom. The highest BCUT2D eigenvalue weighted by Crippen LogP contribution is 2.29. The van der Waals surface area contributed by atoms with Crippen LogP contribution in [-0.2, 0) is 15.0 Å². The van der Waals surface area contributed by atoms with E-state index in [1.807, 2.05) is 48.5 Å². The first kappa shape index (κ1) is 20.9. The predicted molar refractivity (Wildman–Crippen MR) is 120 cm³/mol. The van der Waals surface area contributed by atoms with E-state index < -0.39 is 0 Å². The summed E-state index contributed by atoms with van der Waals surface area (Å²) in [5.74, 6) is -0.362. The average molecular weight is 394 g/mol. The van der Waals surface area contributed by atoms with Crippen molar-refractivity contribution >= 4 is 28.9 Å². The molecule has 0 bridgehead atoms. The number of hydrogen-bond donors (Lipinski definition) is 1. The van der Waals surface area contributed by atoms with Crippen molar-refractivity contribution in [2.45, 2.75) is 46.0 Å². The van der Waals surface area contributed by atoms with Gasteiger partial charge in [-0.1, -0.05) is 39.0 Å². The van der Waals surface area contributed by atoms with Crippen LogP contribution in [0.4, 0.5) is 17.1 Å². The molecule has 1 saturated heterocycles. The summed E-state index contributed by atoms with van der Waals surface area (Å²) in [6, 6.07) is 15.7. The van der Waals surface area contributed by atoms with Gasteiger partial charge in [0.05, 0.1) is 0 Å². The lowest BCUT2D eigenvalue weighted by atomic mass is 9.86. The molecule has 1 aliphatic rings. The maximum Gasteiger partial charge on any atom is 0.244 e. The molecule has 2 aromatic carbocycles. The Bertz CT molecular complexity index is 862. The summed E-state index contributed by atoms with van der Waals surface area (Å²) in [5.41, 5.74) is 3.67. The zero-order chi connectivity index (χ0) is 21.0. The van der Waals surface area contributed by atoms with Crippen molar-refractivity contribution in [2.75, 3.05) is 34.8 Å². The summed E-state index contributed by atoms with van der Waals surface area (Å²) in [6.45, 7) is 9.96. The standard InChI is InChI=1S/C24H31N3O2/c1-18(28)27(20-13-11-19(12-14-20)26-15-7-8-16-26)17-23(29)25-22-10-6-5-9-21(22)24(2,3)4/h5-6,9-14H,7-8,15-17H2,1-4H3,(H,25,29). The second kappa shape index (κ2) is 8.68. The number of carbonyl (C=O) groups excluding carboxylic acids is 2. The summed E-state index contributed by atoms with van der Waals surface area (Å²) in [4.78, 5) is 28.8. The number of nitrogens with zero attached hydrogens (tertiary/aromatic N) is 2. The van der Waals surface area contributed by atoms with Crippen molar-refractivity contribution in [2.24, 2.45) is 0 Å². The molecule has 1 fully saturated rings. The maximum atomic E-state index is 12.7. The number of para-hydroxylation sites is 1. The van der Waals surface area contributed by atoms with Gasteiger partial charge in [0.15, 0.2) is 0 Å². The van der Waals surface area contributed by atoms with Gasteiger partial charge < -0.3 is 15.1 Å². The number of carbonyl (C=O) groups is 2. The summed E-state index contributed by atoms with van der Waals surface area (Å²) < 4.78 is 0. The molecule has 0 aromatic heterocycles. The number of hydrogen-bond acceptors (Lipinski definition) is 3. The molecule has 0 radical (unpaired) electrons. The molecule has 0 unspecified atom stereocenters. The SMILES string of the molecule is CC(=O)N(CC(=O)Nc1ccccc1C(C)(C)C)c1ccc(N2CCCC2)cc1. The number of anilines is 3. The van der Waals surface area contributed by atoms with Crippen LogP contribution < -0.4 is 15.1 Å². The van der Waals surface area contributed by atoms with Gasteiger partial charge in [0, 0.05) is 37.1 Å². The average Bonchev–Trinajstić information content (AvgIpc) is 3.20. The molecule has 2 amide bonds. The van der Waals surface area contributed by atoms with E-state index in [-0.39, 0.29) is 23.8 Å². The Labute approximate surface area is 173 Å². The van der Waals surface area contributed by atoms with E-state index in [9.17, 15) is 9.59 Å². The molecule has 2 aromatic rings. The van der Waals surface area contributed by atoms with Gasteiger partial charge in [0.2, 0.25) is 11.8 Å². The second-order valence-electron chi connectivity index (χ2n) is 8.66. The first-order valence-electron chi connectivity index (χ1n) is 10.3. The maximum absolute atomic E-state index is 12.7. The van der Waals surface area contributed by atoms with Gasteiger partial charge in [-0.3, -0.25) is 9.59 Å². The van der Waals surface area contributed by atoms with Crippen LogP contribution in [0.1, 0.15) is 46.1 Å². The largest absolute Gasteiger partial charge is 0.372 e. The topological polar surface area (TPSA) is 52.7 Å². The molecule has 3 rings (SSSR count). The third-order valence-corrected chi connectivity index (χ3v) is 5.32. The van der Waals surface area contributed by atoms with Gasteiger partial charge in [-0.25, -0.2) is 0 Å². The monoisotopic (exact) mass is 393 g/mol. The van der Waals surface area contributed by atoms with Gasteiger partial charge in [0.25, 0.3) is 0 Å². The van der Waals surface area contributed by atoms with E-state index in [2.05, 4.69) is 31.0 Å². The molecule has 1 heterocycles. The Kier molecular flexibility index (Phi) is 6.26. The minimum atomic E-state index is -0.208. The first-order valence-corrected chi connectivity index (χ1v) is 10.3. The quantitative estimate of drug-likeness (QED) is 0.809. The van der Waals surface area contributed by atoms with Gasteiger partial charge in [-0.2, -0.15) is 0 Å². The van der Waals surface area contributed by atoms with Crippen molar-refractivity contribution in [1.29, 1.82) is 0 Å². The van der Waals surface area contributed by atoms with Crippen LogP contribution in [0.5, 0.6) is 0 Å². The van der Waals surface area contributed by atoms with Crippen LogP contribution >= 0.6 is 0 Å². The molecule has 154 valence electrons. The minimum Gasteiger partial charge on any atom is -0.372 e. The van der Waals surface area contributed by atoms with E-state index in [0.717, 1.165) is 30.0 Å². The summed E-state index contributed by atoms with van der Waals surface area (Å²) in [5, 5.41) is 2.99. The zero-order valence-electron chi connectivity index (χ0n) is 17.9. The van der Waals surface area contributed by atoms with Crippen LogP contribution in [0.3, 0.4) is 0 Å². The fourth-order valence-corrected chi connectivity index (χ4v) is 3.78. The third kappa shape index (κ3) is 5.17. The minimum absolute atomic E-state index is 0.0170. The van der Waals surface area contributed by atoms with Crippen LogP contribution in [0, 0.1) is 0 Å². The Morgan fingerprint density at radius 3 is 2.21 bits per heavy atom. The molecule has 0 aliphatic carbocycles. The molecule has 5 nitrogen and oxygen atoms in total. The van der Waals surface area contributed by atoms with Crippen molar-refractivity contribution < 1.29 is 9.59 Å². The molecular formula is C24H31N3O2. The highest BCUT2D eigenvalue weighted by Gasteiger charge is 2.21. The molecule has 5 heteroatoms. The van der Waals surface area contributed by atoms with Crippen LogP contribution in [0.25, 0.3) is 0 Å². The van der Waals surface area contributed by atoms with Gasteiger partial charge in [-0.05, 0) is 54.2 Å². The van der Waals surface area contributed by atoms with Crippen LogP contribution in [0.15, 0.2) is 48.5 Å². The Balaban J connectivity index is 1.72. The van der Waals surface area contributed by atoms with Crippen molar-refractivity contribution in [3.63, 3.8) is 0 Å². The van der Waals surface area contributed by atoms with E-state index >= 15 is 0 Å². The smallest absolute Gasteiger partial charge is 0.244 e. The normalized spacial score (nSPS) is 14.0. The summed E-state index contributed by atoms with van der Waals surface area (Å²) >= 11 is 0. The van der Waals surface area contributed by atoms with Gasteiger partial charge >= 0.3 is 0 Å². The lowest BCUT2D eigenvalue weighted by molar-refractivity contribution is -0.120. The van der Waals surface area contributed by atoms with E-state index in [1.165, 1.54) is 30.4 Å². The van der Waals surface area contributed by atoms with E-state index in [1.54, 1.807) is 0 Å². The second-order valence-corrected chi connectivity index (χ2v) is 8.66. The predicted octanol–water partition coefficient (Wildman–Crippen LogP) is 4.58. The van der Waals surface area contributed by atoms with Crippen LogP contribution in [0.2, 0.25) is 0 Å². The van der Waals surface area contributed by atoms with E-state index in [0.29, 0.717) is 0 Å². The highest BCUT2D eigenvalue weighted by atomic mass is 16.2. The lowest BCUT2D eigenvalue weighted by Gasteiger charge is -2.25. The number of benzene rings is 2. The van der Waals surface area contributed by atoms with Crippen molar-refractivity contribution in [3.8, 4) is 0 Å². The van der Waals surface area contributed by atoms with Gasteiger partial charge in [0.1, 0.15) is 6.54 Å². The fourth-order valence-electron chi connectivity index (χ4n) is 3.78. The number of nitrogens with one attached hydrogen (secondary N) is 1. The molecule has 0 spiro atoms. The van der Waals surface area contributed by atoms with Crippen LogP contribution in [-0.4, -0.2) is 31.4 Å². The summed E-state index contributed by atoms with van der Waals surface area (Å²) in [6.07, 6.45) is 2.44. The fraction of sp³-hybridized carbons (Fsp3) is 0.417. The zero-order valence-corrected chi connectivity index (χ0v) is 17.9. The van der Waals surface area contributed by atoms with Crippen molar-refractivity contribution in [1.82, 2.24) is 0 Å². The molecule has 0 saturated carbocycles. The van der Waals surface area contributed by atoms with E-state index in [4.69, 9.17) is 0 Å². The first-order chi connectivity index (χ1) is 13.8. The number of rotatable bonds is 5. The summed E-state index contributed by atoms with van der Waals surface area (Å²) in [7, 11) is 0. The lowest BCUT2D eigenvalue weighted by Crippen LogP contribution is -2.37. The molecule has 29 heavy (non-hydrogen) atoms. The molecule has 0 atom stereocenters. The van der Waals surface area contributed by atoms with Gasteiger partial charge in [-0.15, -0.1) is 0 Å². The van der Waals surface area contributed by atoms with Crippen molar-refractivity contribution in [3.05, 3.63) is 54.1 Å². The number of amides is 2.